The van der Waals surface area contributed by atoms with Crippen LogP contribution >= 0.6 is 0 Å². The smallest absolute Gasteiger partial charge is 0.413 e. The molecule has 35 heavy (non-hydrogen) atoms. The molecular weight excluding hydrogens is 453 g/mol. The molecule has 3 aliphatic heterocycles. The third-order valence-electron chi connectivity index (χ3n) is 6.93. The zero-order valence-corrected chi connectivity index (χ0v) is 19.3. The maximum atomic E-state index is 15.1. The molecule has 1 unspecified atom stereocenters. The standard InChI is InChI=1S/C25H26FN5O4/c1-14-19(11-30-23-22(14)28-4-5-33-23)18-6-15-8-21(29-10-16(15)7-20(18)26)31-24(32)35-17-9-25(34-12-17)2-3-27-13-25/h6-8,10-11,17,27-28H,2-5,9,12-13H2,1H3,(H,29,31,32)/t17-,25?/m0/s1. The fourth-order valence-electron chi connectivity index (χ4n) is 5.11. The first-order valence-corrected chi connectivity index (χ1v) is 11.8. The highest BCUT2D eigenvalue weighted by Crippen LogP contribution is 2.37. The number of aromatic nitrogens is 2. The third kappa shape index (κ3) is 4.12. The van der Waals surface area contributed by atoms with Crippen molar-refractivity contribution in [2.75, 3.05) is 43.5 Å². The summed E-state index contributed by atoms with van der Waals surface area (Å²) in [5.74, 6) is 0.472. The van der Waals surface area contributed by atoms with Crippen LogP contribution in [0, 0.1) is 12.7 Å². The molecule has 1 spiro atoms. The van der Waals surface area contributed by atoms with Crippen LogP contribution in [0.3, 0.4) is 0 Å². The molecule has 5 heterocycles. The van der Waals surface area contributed by atoms with E-state index >= 15 is 4.39 Å². The van der Waals surface area contributed by atoms with Crippen molar-refractivity contribution in [2.45, 2.75) is 31.5 Å². The molecule has 6 rings (SSSR count). The molecule has 10 heteroatoms. The molecular formula is C25H26FN5O4. The van der Waals surface area contributed by atoms with Gasteiger partial charge in [0.15, 0.2) is 0 Å². The number of amides is 1. The van der Waals surface area contributed by atoms with Gasteiger partial charge in [0.2, 0.25) is 5.88 Å². The van der Waals surface area contributed by atoms with Crippen LogP contribution in [-0.4, -0.2) is 60.6 Å². The number of halogens is 1. The van der Waals surface area contributed by atoms with Gasteiger partial charge in [0.1, 0.15) is 30.0 Å². The molecule has 2 fully saturated rings. The van der Waals surface area contributed by atoms with Crippen LogP contribution in [-0.2, 0) is 9.47 Å². The summed E-state index contributed by atoms with van der Waals surface area (Å²) in [6.07, 6.45) is 3.87. The molecule has 3 aliphatic rings. The first-order valence-electron chi connectivity index (χ1n) is 11.8. The lowest BCUT2D eigenvalue weighted by atomic mass is 9.98. The number of anilines is 2. The van der Waals surface area contributed by atoms with Crippen LogP contribution in [0.1, 0.15) is 18.4 Å². The summed E-state index contributed by atoms with van der Waals surface area (Å²) in [7, 11) is 0. The maximum absolute atomic E-state index is 15.1. The second-order valence-corrected chi connectivity index (χ2v) is 9.28. The number of nitrogens with zero attached hydrogens (tertiary/aromatic N) is 2. The zero-order chi connectivity index (χ0) is 24.0. The van der Waals surface area contributed by atoms with Crippen molar-refractivity contribution in [3.8, 4) is 17.0 Å². The molecule has 0 saturated carbocycles. The highest BCUT2D eigenvalue weighted by molar-refractivity contribution is 5.92. The Morgan fingerprint density at radius 1 is 1.20 bits per heavy atom. The van der Waals surface area contributed by atoms with Gasteiger partial charge in [-0.25, -0.2) is 19.2 Å². The van der Waals surface area contributed by atoms with E-state index in [0.29, 0.717) is 54.4 Å². The molecule has 0 aliphatic carbocycles. The van der Waals surface area contributed by atoms with E-state index in [0.717, 1.165) is 36.1 Å². The molecule has 2 saturated heterocycles. The number of rotatable bonds is 3. The van der Waals surface area contributed by atoms with Crippen LogP contribution in [0.4, 0.5) is 20.7 Å². The van der Waals surface area contributed by atoms with E-state index in [2.05, 4.69) is 25.9 Å². The Bertz CT molecular complexity index is 1310. The number of ether oxygens (including phenoxy) is 3. The van der Waals surface area contributed by atoms with Gasteiger partial charge in [-0.2, -0.15) is 0 Å². The lowest BCUT2D eigenvalue weighted by molar-refractivity contribution is 0.0162. The number of carbonyl (C=O) groups excluding carboxylic acids is 1. The van der Waals surface area contributed by atoms with Gasteiger partial charge in [0.05, 0.1) is 12.2 Å². The van der Waals surface area contributed by atoms with Crippen molar-refractivity contribution in [1.82, 2.24) is 15.3 Å². The molecule has 2 atom stereocenters. The number of nitrogens with one attached hydrogen (secondary N) is 3. The van der Waals surface area contributed by atoms with Gasteiger partial charge >= 0.3 is 6.09 Å². The van der Waals surface area contributed by atoms with Gasteiger partial charge in [-0.05, 0) is 49.0 Å². The second kappa shape index (κ2) is 8.62. The van der Waals surface area contributed by atoms with Crippen molar-refractivity contribution in [2.24, 2.45) is 0 Å². The Morgan fingerprint density at radius 3 is 2.97 bits per heavy atom. The molecule has 1 amide bonds. The number of fused-ring (bicyclic) bond motifs is 2. The maximum Gasteiger partial charge on any atom is 0.413 e. The summed E-state index contributed by atoms with van der Waals surface area (Å²) in [5.41, 5.74) is 2.49. The highest BCUT2D eigenvalue weighted by Gasteiger charge is 2.44. The normalized spacial score (nSPS) is 23.1. The first-order chi connectivity index (χ1) is 17.0. The van der Waals surface area contributed by atoms with Gasteiger partial charge in [-0.3, -0.25) is 5.32 Å². The quantitative estimate of drug-likeness (QED) is 0.523. The molecule has 3 N–H and O–H groups in total. The number of pyridine rings is 2. The molecule has 1 aromatic carbocycles. The van der Waals surface area contributed by atoms with Crippen molar-refractivity contribution < 1.29 is 23.4 Å². The number of hydrogen-bond acceptors (Lipinski definition) is 8. The average molecular weight is 480 g/mol. The van der Waals surface area contributed by atoms with Gasteiger partial charge in [-0.15, -0.1) is 0 Å². The Kier molecular flexibility index (Phi) is 5.42. The van der Waals surface area contributed by atoms with Gasteiger partial charge in [-0.1, -0.05) is 0 Å². The Morgan fingerprint density at radius 2 is 2.11 bits per heavy atom. The van der Waals surface area contributed by atoms with E-state index in [-0.39, 0.29) is 17.5 Å². The molecule has 2 aromatic heterocycles. The second-order valence-electron chi connectivity index (χ2n) is 9.28. The first kappa shape index (κ1) is 22.0. The molecule has 182 valence electrons. The summed E-state index contributed by atoms with van der Waals surface area (Å²) in [6.45, 7) is 5.20. The van der Waals surface area contributed by atoms with Crippen LogP contribution in [0.2, 0.25) is 0 Å². The minimum absolute atomic E-state index is 0.224. The molecule has 9 nitrogen and oxygen atoms in total. The van der Waals surface area contributed by atoms with E-state index in [4.69, 9.17) is 14.2 Å². The zero-order valence-electron chi connectivity index (χ0n) is 19.3. The van der Waals surface area contributed by atoms with E-state index in [1.54, 1.807) is 18.3 Å². The van der Waals surface area contributed by atoms with Crippen LogP contribution in [0.15, 0.2) is 30.6 Å². The number of benzene rings is 1. The number of carbonyl (C=O) groups is 1. The fraction of sp³-hybridized carbons (Fsp3) is 0.400. The van der Waals surface area contributed by atoms with Gasteiger partial charge in [0, 0.05) is 48.4 Å². The molecule has 0 radical (unpaired) electrons. The van der Waals surface area contributed by atoms with Crippen LogP contribution in [0.5, 0.6) is 5.88 Å². The third-order valence-corrected chi connectivity index (χ3v) is 6.93. The average Bonchev–Trinajstić information content (AvgIpc) is 3.48. The Balaban J connectivity index is 1.22. The van der Waals surface area contributed by atoms with E-state index in [1.807, 2.05) is 6.92 Å². The summed E-state index contributed by atoms with van der Waals surface area (Å²) in [4.78, 5) is 21.1. The largest absolute Gasteiger partial charge is 0.474 e. The van der Waals surface area contributed by atoms with Crippen molar-refractivity contribution >= 4 is 28.4 Å². The van der Waals surface area contributed by atoms with E-state index < -0.39 is 6.09 Å². The van der Waals surface area contributed by atoms with Crippen molar-refractivity contribution in [3.05, 3.63) is 42.0 Å². The summed E-state index contributed by atoms with van der Waals surface area (Å²) >= 11 is 0. The summed E-state index contributed by atoms with van der Waals surface area (Å²) in [6, 6.07) is 4.88. The lowest BCUT2D eigenvalue weighted by Gasteiger charge is -2.21. The van der Waals surface area contributed by atoms with E-state index in [9.17, 15) is 4.79 Å². The van der Waals surface area contributed by atoms with Crippen molar-refractivity contribution in [3.63, 3.8) is 0 Å². The predicted octanol–water partition coefficient (Wildman–Crippen LogP) is 3.62. The molecule has 0 bridgehead atoms. The van der Waals surface area contributed by atoms with Gasteiger partial charge < -0.3 is 24.8 Å². The van der Waals surface area contributed by atoms with Gasteiger partial charge in [0.25, 0.3) is 0 Å². The molecule has 3 aromatic rings. The predicted molar refractivity (Wildman–Crippen MR) is 128 cm³/mol. The monoisotopic (exact) mass is 479 g/mol. The Hall–Kier alpha value is -3.50. The van der Waals surface area contributed by atoms with Crippen LogP contribution < -0.4 is 20.7 Å². The summed E-state index contributed by atoms with van der Waals surface area (Å²) < 4.78 is 32.1. The fourth-order valence-corrected chi connectivity index (χ4v) is 5.11. The minimum Gasteiger partial charge on any atom is -0.474 e. The highest BCUT2D eigenvalue weighted by atomic mass is 19.1. The SMILES string of the molecule is Cc1c(-c2cc3cc(NC(=O)O[C@@H]4COC5(CCNC5)C4)ncc3cc2F)cnc2c1NCCO2. The summed E-state index contributed by atoms with van der Waals surface area (Å²) in [5, 5.41) is 10.6. The number of hydrogen-bond donors (Lipinski definition) is 3. The van der Waals surface area contributed by atoms with Crippen LogP contribution in [0.25, 0.3) is 21.9 Å². The van der Waals surface area contributed by atoms with E-state index in [1.165, 1.54) is 12.3 Å². The Labute approximate surface area is 201 Å². The van der Waals surface area contributed by atoms with Crippen molar-refractivity contribution in [1.29, 1.82) is 0 Å². The topological polar surface area (TPSA) is 107 Å². The lowest BCUT2D eigenvalue weighted by Crippen LogP contribution is -2.31. The minimum atomic E-state index is -0.586.